The van der Waals surface area contributed by atoms with Crippen molar-refractivity contribution in [2.24, 2.45) is 0 Å². The van der Waals surface area contributed by atoms with E-state index in [2.05, 4.69) is 11.4 Å². The highest BCUT2D eigenvalue weighted by atomic mass is 16.6. The fraction of sp³-hybridized carbons (Fsp3) is 0.500. The molecule has 1 amide bonds. The number of hydrogen-bond donors (Lipinski definition) is 1. The lowest BCUT2D eigenvalue weighted by molar-refractivity contribution is -0.150. The molecule has 1 aliphatic rings. The molecule has 1 N–H and O–H groups in total. The number of rotatable bonds is 6. The van der Waals surface area contributed by atoms with Gasteiger partial charge >= 0.3 is 5.97 Å². The van der Waals surface area contributed by atoms with Crippen LogP contribution < -0.4 is 10.1 Å². The third-order valence-electron chi connectivity index (χ3n) is 3.97. The standard InChI is InChI=1S/C18H22N2O4/c1-13-7-14(2)9-15(8-13)23-11-17(22)24-10-16(21)20-18(12-19)5-3-4-6-18/h7-9H,3-6,10-11H2,1-2H3,(H,20,21). The molecule has 1 aromatic rings. The molecule has 0 saturated heterocycles. The number of esters is 1. The highest BCUT2D eigenvalue weighted by Gasteiger charge is 2.35. The van der Waals surface area contributed by atoms with E-state index in [0.717, 1.165) is 24.0 Å². The summed E-state index contributed by atoms with van der Waals surface area (Å²) in [7, 11) is 0. The minimum atomic E-state index is -0.806. The first kappa shape index (κ1) is 17.8. The van der Waals surface area contributed by atoms with Crippen molar-refractivity contribution < 1.29 is 19.1 Å². The number of benzene rings is 1. The Labute approximate surface area is 141 Å². The quantitative estimate of drug-likeness (QED) is 0.808. The number of nitrogens with zero attached hydrogens (tertiary/aromatic N) is 1. The predicted molar refractivity (Wildman–Crippen MR) is 87.3 cm³/mol. The maximum absolute atomic E-state index is 11.9. The molecule has 0 aromatic heterocycles. The van der Waals surface area contributed by atoms with Gasteiger partial charge in [-0.25, -0.2) is 4.79 Å². The van der Waals surface area contributed by atoms with Crippen molar-refractivity contribution in [1.29, 1.82) is 5.26 Å². The molecule has 0 spiro atoms. The van der Waals surface area contributed by atoms with Gasteiger partial charge in [-0.2, -0.15) is 5.26 Å². The van der Waals surface area contributed by atoms with Gasteiger partial charge in [-0.15, -0.1) is 0 Å². The van der Waals surface area contributed by atoms with Crippen LogP contribution in [-0.4, -0.2) is 30.6 Å². The van der Waals surface area contributed by atoms with Gasteiger partial charge in [0.25, 0.3) is 5.91 Å². The number of amides is 1. The van der Waals surface area contributed by atoms with Crippen LogP contribution >= 0.6 is 0 Å². The first-order chi connectivity index (χ1) is 11.4. The summed E-state index contributed by atoms with van der Waals surface area (Å²) in [5.41, 5.74) is 1.27. The molecule has 0 bridgehead atoms. The Morgan fingerprint density at radius 2 is 1.79 bits per heavy atom. The van der Waals surface area contributed by atoms with E-state index in [-0.39, 0.29) is 6.61 Å². The van der Waals surface area contributed by atoms with Crippen molar-refractivity contribution in [2.45, 2.75) is 45.1 Å². The first-order valence-corrected chi connectivity index (χ1v) is 8.01. The topological polar surface area (TPSA) is 88.4 Å². The number of hydrogen-bond acceptors (Lipinski definition) is 5. The summed E-state index contributed by atoms with van der Waals surface area (Å²) in [5.74, 6) is -0.497. The third-order valence-corrected chi connectivity index (χ3v) is 3.97. The summed E-state index contributed by atoms with van der Waals surface area (Å²) < 4.78 is 10.3. The number of ether oxygens (including phenoxy) is 2. The Balaban J connectivity index is 1.74. The largest absolute Gasteiger partial charge is 0.482 e. The molecular weight excluding hydrogens is 308 g/mol. The summed E-state index contributed by atoms with van der Waals surface area (Å²) in [5, 5.41) is 11.9. The van der Waals surface area contributed by atoms with Crippen LogP contribution in [-0.2, 0) is 14.3 Å². The highest BCUT2D eigenvalue weighted by Crippen LogP contribution is 2.28. The van der Waals surface area contributed by atoms with Crippen LogP contribution in [0.5, 0.6) is 5.75 Å². The molecule has 0 heterocycles. The number of nitriles is 1. The number of nitrogens with one attached hydrogen (secondary N) is 1. The minimum Gasteiger partial charge on any atom is -0.482 e. The molecule has 0 unspecified atom stereocenters. The molecule has 1 fully saturated rings. The Morgan fingerprint density at radius 1 is 1.17 bits per heavy atom. The van der Waals surface area contributed by atoms with Gasteiger partial charge in [0.05, 0.1) is 6.07 Å². The molecule has 128 valence electrons. The van der Waals surface area contributed by atoms with Crippen LogP contribution in [0.25, 0.3) is 0 Å². The average Bonchev–Trinajstić information content (AvgIpc) is 2.99. The van der Waals surface area contributed by atoms with E-state index in [0.29, 0.717) is 18.6 Å². The summed E-state index contributed by atoms with van der Waals surface area (Å²) in [6.07, 6.45) is 3.10. The van der Waals surface area contributed by atoms with E-state index >= 15 is 0 Å². The lowest BCUT2D eigenvalue weighted by Crippen LogP contribution is -2.46. The zero-order valence-electron chi connectivity index (χ0n) is 14.1. The Bertz CT molecular complexity index is 637. The molecule has 6 nitrogen and oxygen atoms in total. The fourth-order valence-corrected chi connectivity index (χ4v) is 2.89. The van der Waals surface area contributed by atoms with Gasteiger partial charge in [0.1, 0.15) is 11.3 Å². The summed E-state index contributed by atoms with van der Waals surface area (Å²) in [6, 6.07) is 7.81. The zero-order valence-corrected chi connectivity index (χ0v) is 14.1. The summed E-state index contributed by atoms with van der Waals surface area (Å²) in [4.78, 5) is 23.5. The Morgan fingerprint density at radius 3 is 2.38 bits per heavy atom. The van der Waals surface area contributed by atoms with E-state index in [9.17, 15) is 14.9 Å². The smallest absolute Gasteiger partial charge is 0.344 e. The summed E-state index contributed by atoms with van der Waals surface area (Å²) in [6.45, 7) is 3.21. The zero-order chi connectivity index (χ0) is 17.6. The van der Waals surface area contributed by atoms with Gasteiger partial charge < -0.3 is 14.8 Å². The average molecular weight is 330 g/mol. The molecule has 24 heavy (non-hydrogen) atoms. The van der Waals surface area contributed by atoms with Crippen molar-refractivity contribution in [3.05, 3.63) is 29.3 Å². The second-order valence-corrected chi connectivity index (χ2v) is 6.22. The van der Waals surface area contributed by atoms with Crippen molar-refractivity contribution in [2.75, 3.05) is 13.2 Å². The Kier molecular flexibility index (Phi) is 5.80. The van der Waals surface area contributed by atoms with Gasteiger partial charge in [0.15, 0.2) is 13.2 Å². The van der Waals surface area contributed by atoms with E-state index in [1.807, 2.05) is 32.0 Å². The van der Waals surface area contributed by atoms with E-state index in [1.165, 1.54) is 0 Å². The van der Waals surface area contributed by atoms with Crippen molar-refractivity contribution >= 4 is 11.9 Å². The predicted octanol–water partition coefficient (Wildman–Crippen LogP) is 2.18. The molecule has 1 aromatic carbocycles. The molecule has 0 aliphatic heterocycles. The third kappa shape index (κ3) is 4.98. The second kappa shape index (κ2) is 7.82. The van der Waals surface area contributed by atoms with E-state index in [4.69, 9.17) is 9.47 Å². The van der Waals surface area contributed by atoms with E-state index < -0.39 is 24.0 Å². The van der Waals surface area contributed by atoms with Crippen LogP contribution in [0.15, 0.2) is 18.2 Å². The monoisotopic (exact) mass is 330 g/mol. The van der Waals surface area contributed by atoms with Crippen LogP contribution in [0.3, 0.4) is 0 Å². The number of carbonyl (C=O) groups is 2. The van der Waals surface area contributed by atoms with Crippen LogP contribution in [0, 0.1) is 25.2 Å². The molecular formula is C18H22N2O4. The molecule has 2 rings (SSSR count). The number of aryl methyl sites for hydroxylation is 2. The molecule has 1 saturated carbocycles. The first-order valence-electron chi connectivity index (χ1n) is 8.01. The normalized spacial score (nSPS) is 15.4. The second-order valence-electron chi connectivity index (χ2n) is 6.22. The van der Waals surface area contributed by atoms with Crippen LogP contribution in [0.1, 0.15) is 36.8 Å². The number of carbonyl (C=O) groups excluding carboxylic acids is 2. The van der Waals surface area contributed by atoms with Gasteiger partial charge in [0.2, 0.25) is 0 Å². The van der Waals surface area contributed by atoms with E-state index in [1.54, 1.807) is 0 Å². The summed E-state index contributed by atoms with van der Waals surface area (Å²) >= 11 is 0. The fourth-order valence-electron chi connectivity index (χ4n) is 2.89. The van der Waals surface area contributed by atoms with Crippen molar-refractivity contribution in [3.63, 3.8) is 0 Å². The van der Waals surface area contributed by atoms with Gasteiger partial charge in [0, 0.05) is 0 Å². The van der Waals surface area contributed by atoms with Crippen molar-refractivity contribution in [1.82, 2.24) is 5.32 Å². The van der Waals surface area contributed by atoms with Crippen LogP contribution in [0.4, 0.5) is 0 Å². The van der Waals surface area contributed by atoms with Gasteiger partial charge in [-0.1, -0.05) is 6.07 Å². The highest BCUT2D eigenvalue weighted by molar-refractivity contribution is 5.81. The SMILES string of the molecule is Cc1cc(C)cc(OCC(=O)OCC(=O)NC2(C#N)CCCC2)c1. The lowest BCUT2D eigenvalue weighted by Gasteiger charge is -2.21. The van der Waals surface area contributed by atoms with Gasteiger partial charge in [-0.3, -0.25) is 4.79 Å². The lowest BCUT2D eigenvalue weighted by atomic mass is 10.00. The maximum atomic E-state index is 11.9. The minimum absolute atomic E-state index is 0.264. The maximum Gasteiger partial charge on any atom is 0.344 e. The van der Waals surface area contributed by atoms with Crippen molar-refractivity contribution in [3.8, 4) is 11.8 Å². The van der Waals surface area contributed by atoms with Gasteiger partial charge in [-0.05, 0) is 62.8 Å². The Hall–Kier alpha value is -2.55. The molecule has 0 atom stereocenters. The molecule has 1 aliphatic carbocycles. The molecule has 0 radical (unpaired) electrons. The molecule has 6 heteroatoms. The van der Waals surface area contributed by atoms with Crippen LogP contribution in [0.2, 0.25) is 0 Å².